The molecule has 2 nitrogen and oxygen atoms in total. The van der Waals surface area contributed by atoms with E-state index >= 15 is 0 Å². The second kappa shape index (κ2) is 5.56. The van der Waals surface area contributed by atoms with Gasteiger partial charge in [-0.05, 0) is 25.0 Å². The van der Waals surface area contributed by atoms with Gasteiger partial charge in [0.2, 0.25) is 0 Å². The lowest BCUT2D eigenvalue weighted by atomic mass is 9.69. The molecule has 0 aliphatic heterocycles. The number of benzene rings is 1. The first-order valence-electron chi connectivity index (χ1n) is 6.81. The van der Waals surface area contributed by atoms with Gasteiger partial charge in [0.25, 0.3) is 0 Å². The van der Waals surface area contributed by atoms with Crippen LogP contribution >= 0.6 is 0 Å². The number of Topliss-reactive ketones (excluding diaryl/α,β-unsaturated/α-hetero) is 1. The van der Waals surface area contributed by atoms with E-state index in [0.29, 0.717) is 12.8 Å². The summed E-state index contributed by atoms with van der Waals surface area (Å²) in [5.41, 5.74) is 4.41. The van der Waals surface area contributed by atoms with Gasteiger partial charge in [-0.2, -0.15) is 13.2 Å². The van der Waals surface area contributed by atoms with E-state index in [2.05, 4.69) is 0 Å². The summed E-state index contributed by atoms with van der Waals surface area (Å²) in [5.74, 6) is -0.245. The van der Waals surface area contributed by atoms with E-state index in [1.807, 2.05) is 0 Å². The van der Waals surface area contributed by atoms with Crippen molar-refractivity contribution in [2.45, 2.75) is 38.3 Å². The molecular weight excluding hydrogens is 267 g/mol. The lowest BCUT2D eigenvalue weighted by molar-refractivity contribution is -0.137. The summed E-state index contributed by atoms with van der Waals surface area (Å²) >= 11 is 0. The molecule has 1 aliphatic rings. The van der Waals surface area contributed by atoms with Crippen LogP contribution in [0.4, 0.5) is 13.2 Å². The van der Waals surface area contributed by atoms with Crippen molar-refractivity contribution >= 4 is 5.78 Å². The Hall–Kier alpha value is -1.36. The van der Waals surface area contributed by atoms with Gasteiger partial charge in [0.1, 0.15) is 0 Å². The number of hydrogen-bond acceptors (Lipinski definition) is 2. The van der Waals surface area contributed by atoms with E-state index in [1.165, 1.54) is 12.1 Å². The molecule has 0 spiro atoms. The highest BCUT2D eigenvalue weighted by Gasteiger charge is 2.39. The van der Waals surface area contributed by atoms with Crippen molar-refractivity contribution < 1.29 is 18.0 Å². The van der Waals surface area contributed by atoms with Crippen molar-refractivity contribution in [1.82, 2.24) is 0 Å². The first-order chi connectivity index (χ1) is 9.39. The Kier molecular flexibility index (Phi) is 4.18. The highest BCUT2D eigenvalue weighted by molar-refractivity contribution is 6.01. The van der Waals surface area contributed by atoms with Crippen molar-refractivity contribution in [3.8, 4) is 0 Å². The summed E-state index contributed by atoms with van der Waals surface area (Å²) in [6.45, 7) is 0.197. The van der Waals surface area contributed by atoms with E-state index in [0.717, 1.165) is 31.4 Å². The van der Waals surface area contributed by atoms with E-state index in [-0.39, 0.29) is 17.9 Å². The van der Waals surface area contributed by atoms with Crippen LogP contribution in [-0.4, -0.2) is 12.3 Å². The van der Waals surface area contributed by atoms with Crippen LogP contribution in [0.1, 0.15) is 48.0 Å². The van der Waals surface area contributed by atoms with Crippen molar-refractivity contribution in [2.75, 3.05) is 6.54 Å². The number of ketones is 1. The number of halogens is 3. The molecule has 1 fully saturated rings. The Morgan fingerprint density at radius 3 is 2.40 bits per heavy atom. The monoisotopic (exact) mass is 285 g/mol. The van der Waals surface area contributed by atoms with Crippen molar-refractivity contribution in [2.24, 2.45) is 11.1 Å². The SMILES string of the molecule is NCC1(C(=O)c2cccc(C(F)(F)F)c2)CCCCC1. The van der Waals surface area contributed by atoms with Crippen LogP contribution in [0.25, 0.3) is 0 Å². The normalized spacial score (nSPS) is 18.8. The van der Waals surface area contributed by atoms with Crippen LogP contribution in [0.2, 0.25) is 0 Å². The van der Waals surface area contributed by atoms with Crippen LogP contribution in [-0.2, 0) is 6.18 Å². The maximum atomic E-state index is 12.7. The highest BCUT2D eigenvalue weighted by Crippen LogP contribution is 2.39. The molecule has 20 heavy (non-hydrogen) atoms. The highest BCUT2D eigenvalue weighted by atomic mass is 19.4. The van der Waals surface area contributed by atoms with Crippen LogP contribution in [0, 0.1) is 5.41 Å². The summed E-state index contributed by atoms with van der Waals surface area (Å²) in [6, 6.07) is 4.65. The molecule has 0 aromatic heterocycles. The van der Waals surface area contributed by atoms with Crippen LogP contribution in [0.15, 0.2) is 24.3 Å². The molecule has 0 atom stereocenters. The van der Waals surface area contributed by atoms with Gasteiger partial charge in [0, 0.05) is 17.5 Å². The average Bonchev–Trinajstić information content (AvgIpc) is 2.46. The van der Waals surface area contributed by atoms with E-state index in [4.69, 9.17) is 5.73 Å². The van der Waals surface area contributed by atoms with Crippen LogP contribution in [0.5, 0.6) is 0 Å². The predicted molar refractivity (Wildman–Crippen MR) is 70.3 cm³/mol. The van der Waals surface area contributed by atoms with Gasteiger partial charge in [-0.25, -0.2) is 0 Å². The Morgan fingerprint density at radius 1 is 1.20 bits per heavy atom. The third kappa shape index (κ3) is 2.87. The third-order valence-corrected chi connectivity index (χ3v) is 4.14. The van der Waals surface area contributed by atoms with Gasteiger partial charge in [-0.1, -0.05) is 31.4 Å². The van der Waals surface area contributed by atoms with Gasteiger partial charge in [0.05, 0.1) is 5.56 Å². The van der Waals surface area contributed by atoms with E-state index < -0.39 is 17.2 Å². The van der Waals surface area contributed by atoms with Crippen LogP contribution in [0.3, 0.4) is 0 Å². The zero-order chi connectivity index (χ0) is 14.8. The van der Waals surface area contributed by atoms with Crippen LogP contribution < -0.4 is 5.73 Å². The molecule has 2 rings (SSSR count). The van der Waals surface area contributed by atoms with Crippen molar-refractivity contribution in [3.05, 3.63) is 35.4 Å². The largest absolute Gasteiger partial charge is 0.416 e. The molecule has 0 radical (unpaired) electrons. The number of carbonyl (C=O) groups is 1. The second-order valence-electron chi connectivity index (χ2n) is 5.45. The standard InChI is InChI=1S/C15H18F3NO/c16-15(17,18)12-6-4-5-11(9-12)13(20)14(10-19)7-2-1-3-8-14/h4-6,9H,1-3,7-8,10,19H2. The molecule has 1 aromatic rings. The minimum atomic E-state index is -4.43. The summed E-state index contributed by atoms with van der Waals surface area (Å²) < 4.78 is 38.1. The molecule has 0 saturated heterocycles. The topological polar surface area (TPSA) is 43.1 Å². The predicted octanol–water partition coefficient (Wildman–Crippen LogP) is 3.80. The number of carbonyl (C=O) groups excluding carboxylic acids is 1. The molecule has 1 aliphatic carbocycles. The summed E-state index contributed by atoms with van der Waals surface area (Å²) in [7, 11) is 0. The molecule has 1 aromatic carbocycles. The maximum absolute atomic E-state index is 12.7. The Bertz CT molecular complexity index is 490. The zero-order valence-electron chi connectivity index (χ0n) is 11.2. The van der Waals surface area contributed by atoms with Gasteiger partial charge in [0.15, 0.2) is 5.78 Å². The molecule has 0 bridgehead atoms. The second-order valence-corrected chi connectivity index (χ2v) is 5.45. The Balaban J connectivity index is 2.33. The minimum absolute atomic E-state index is 0.118. The van der Waals surface area contributed by atoms with Gasteiger partial charge < -0.3 is 5.73 Å². The van der Waals surface area contributed by atoms with E-state index in [9.17, 15) is 18.0 Å². The summed E-state index contributed by atoms with van der Waals surface area (Å²) in [5, 5.41) is 0. The first-order valence-corrected chi connectivity index (χ1v) is 6.81. The van der Waals surface area contributed by atoms with Crippen molar-refractivity contribution in [1.29, 1.82) is 0 Å². The quantitative estimate of drug-likeness (QED) is 0.858. The molecule has 0 heterocycles. The van der Waals surface area contributed by atoms with Gasteiger partial charge in [-0.3, -0.25) is 4.79 Å². The van der Waals surface area contributed by atoms with Crippen molar-refractivity contribution in [3.63, 3.8) is 0 Å². The summed E-state index contributed by atoms with van der Waals surface area (Å²) in [4.78, 5) is 12.6. The molecule has 110 valence electrons. The maximum Gasteiger partial charge on any atom is 0.416 e. The molecule has 5 heteroatoms. The fraction of sp³-hybridized carbons (Fsp3) is 0.533. The number of alkyl halides is 3. The average molecular weight is 285 g/mol. The smallest absolute Gasteiger partial charge is 0.329 e. The zero-order valence-corrected chi connectivity index (χ0v) is 11.2. The molecule has 2 N–H and O–H groups in total. The molecule has 1 saturated carbocycles. The molecular formula is C15H18F3NO. The van der Waals surface area contributed by atoms with Gasteiger partial charge in [-0.15, -0.1) is 0 Å². The Labute approximate surface area is 116 Å². The molecule has 0 amide bonds. The summed E-state index contributed by atoms with van der Waals surface area (Å²) in [6.07, 6.45) is -0.239. The number of hydrogen-bond donors (Lipinski definition) is 1. The lowest BCUT2D eigenvalue weighted by Crippen LogP contribution is -2.40. The fourth-order valence-corrected chi connectivity index (χ4v) is 2.90. The van der Waals surface area contributed by atoms with Gasteiger partial charge >= 0.3 is 6.18 Å². The Morgan fingerprint density at radius 2 is 1.85 bits per heavy atom. The first kappa shape index (κ1) is 15.0. The number of rotatable bonds is 3. The number of nitrogens with two attached hydrogens (primary N) is 1. The lowest BCUT2D eigenvalue weighted by Gasteiger charge is -2.34. The molecule has 0 unspecified atom stereocenters. The minimum Gasteiger partial charge on any atom is -0.329 e. The van der Waals surface area contributed by atoms with E-state index in [1.54, 1.807) is 0 Å². The fourth-order valence-electron chi connectivity index (χ4n) is 2.90. The third-order valence-electron chi connectivity index (χ3n) is 4.14.